The number of alkyl carbamates (subject to hydrolysis) is 1. The Kier molecular flexibility index (Phi) is 14.7. The highest BCUT2D eigenvalue weighted by Gasteiger charge is 2.71. The molecule has 1 N–H and O–H groups in total. The van der Waals surface area contributed by atoms with Crippen LogP contribution in [0.15, 0.2) is 4.99 Å². The van der Waals surface area contributed by atoms with Crippen molar-refractivity contribution in [2.45, 2.75) is 148 Å². The largest absolute Gasteiger partial charge is 0.446 e. The summed E-state index contributed by atoms with van der Waals surface area (Å²) >= 11 is 0. The summed E-state index contributed by atoms with van der Waals surface area (Å²) in [7, 11) is 0. The van der Waals surface area contributed by atoms with E-state index in [4.69, 9.17) is 10.9 Å². The lowest BCUT2D eigenvalue weighted by atomic mass is 9.92. The zero-order valence-electron chi connectivity index (χ0n) is 31.4. The van der Waals surface area contributed by atoms with Crippen molar-refractivity contribution < 1.29 is 51.2 Å². The van der Waals surface area contributed by atoms with Crippen molar-refractivity contribution in [3.8, 4) is 0 Å². The lowest BCUT2D eigenvalue weighted by molar-refractivity contribution is -0.156. The second-order valence-electron chi connectivity index (χ2n) is 15.2. The average Bonchev–Trinajstić information content (AvgIpc) is 3.62. The van der Waals surface area contributed by atoms with Gasteiger partial charge in [-0.3, -0.25) is 9.79 Å². The molecule has 0 aromatic heterocycles. The summed E-state index contributed by atoms with van der Waals surface area (Å²) < 4.78 is 96.1. The molecule has 3 aliphatic heterocycles. The molecule has 1 amide bonds. The molecule has 3 heterocycles. The molecule has 2 aliphatic carbocycles. The first-order chi connectivity index (χ1) is 23.4. The van der Waals surface area contributed by atoms with Gasteiger partial charge >= 0.3 is 12.3 Å². The van der Waals surface area contributed by atoms with Crippen LogP contribution in [0.5, 0.6) is 0 Å². The number of hydrogen-bond acceptors (Lipinski definition) is 7. The zero-order chi connectivity index (χ0) is 38.9. The number of nitrogens with zero attached hydrogens (tertiary/aromatic N) is 3. The molecular weight excluding hydrogens is 673 g/mol. The standard InChI is InChI=1S/C18H30F2N2O3.C13H20F2N2.C2HF3O.C2H6/c1-13(23)5-6-14(21-15(24)25-16(2,3)4)11-22-9-7-17(8-10-22)12-18(17,19)20;1-10-2-3-11(16-10)8-17-6-4-12(5-7-17)9-13(12,14)15;3-2(4,5)1-6;1-2/h14H,5-12H2,1-4H3,(H,21,24);11H,2-9H2,1H3;1H;1-2H3/t14-;11-;;/m00../s1/i;;;1D. The predicted molar refractivity (Wildman–Crippen MR) is 178 cm³/mol. The number of nitrogens with one attached hydrogen (secondary N) is 1. The maximum Gasteiger partial charge on any atom is 0.446 e. The highest BCUT2D eigenvalue weighted by Crippen LogP contribution is 2.66. The van der Waals surface area contributed by atoms with Gasteiger partial charge in [0, 0.05) is 56.3 Å². The number of halogens is 7. The summed E-state index contributed by atoms with van der Waals surface area (Å²) in [5.74, 6) is -4.80. The minimum Gasteiger partial charge on any atom is -0.444 e. The molecule has 0 aromatic carbocycles. The van der Waals surface area contributed by atoms with Crippen molar-refractivity contribution in [3.63, 3.8) is 0 Å². The molecule has 5 aliphatic rings. The molecule has 50 heavy (non-hydrogen) atoms. The number of carbonyl (C=O) groups excluding carboxylic acids is 3. The van der Waals surface area contributed by atoms with E-state index >= 15 is 0 Å². The van der Waals surface area contributed by atoms with Crippen molar-refractivity contribution in [1.82, 2.24) is 15.1 Å². The van der Waals surface area contributed by atoms with Crippen molar-refractivity contribution in [2.24, 2.45) is 15.8 Å². The van der Waals surface area contributed by atoms with Gasteiger partial charge in [-0.05, 0) is 106 Å². The number of likely N-dealkylation sites (tertiary alicyclic amines) is 2. The van der Waals surface area contributed by atoms with Gasteiger partial charge in [-0.15, -0.1) is 0 Å². The number of ketones is 1. The van der Waals surface area contributed by atoms with Gasteiger partial charge in [-0.1, -0.05) is 13.8 Å². The van der Waals surface area contributed by atoms with Gasteiger partial charge in [-0.25, -0.2) is 22.4 Å². The highest BCUT2D eigenvalue weighted by atomic mass is 19.4. The number of rotatable bonds is 8. The molecule has 0 radical (unpaired) electrons. The van der Waals surface area contributed by atoms with Gasteiger partial charge in [0.15, 0.2) is 0 Å². The van der Waals surface area contributed by atoms with Crippen LogP contribution in [0.1, 0.15) is 114 Å². The zero-order valence-corrected chi connectivity index (χ0v) is 30.4. The Labute approximate surface area is 293 Å². The van der Waals surface area contributed by atoms with E-state index in [2.05, 4.69) is 27.0 Å². The van der Waals surface area contributed by atoms with Crippen LogP contribution in [-0.4, -0.2) is 109 Å². The van der Waals surface area contributed by atoms with Gasteiger partial charge in [0.2, 0.25) is 6.29 Å². The first-order valence-electron chi connectivity index (χ1n) is 18.2. The molecule has 2 atom stereocenters. The van der Waals surface area contributed by atoms with Crippen LogP contribution in [0.25, 0.3) is 0 Å². The minimum atomic E-state index is -4.64. The summed E-state index contributed by atoms with van der Waals surface area (Å²) in [4.78, 5) is 41.0. The SMILES string of the molecule is CC(=O)CC[C@@H](CN1CCC2(CC1)CC2(F)F)NC(=O)OC(C)(C)C.CC1=N[C@H](CN2CCC3(CC2)CC3(F)F)CC1.O=CC(F)(F)F.[2H]CC. The number of alkyl halides is 7. The van der Waals surface area contributed by atoms with Crippen LogP contribution in [0.3, 0.4) is 0 Å². The Balaban J connectivity index is 0.000000297. The molecule has 4 fully saturated rings. The van der Waals surface area contributed by atoms with Crippen LogP contribution in [0.4, 0.5) is 35.5 Å². The first kappa shape index (κ1) is 42.1. The molecular formula is C35H57F7N4O4. The third kappa shape index (κ3) is 13.7. The molecule has 290 valence electrons. The van der Waals surface area contributed by atoms with E-state index in [0.717, 1.165) is 32.5 Å². The Morgan fingerprint density at radius 2 is 1.44 bits per heavy atom. The third-order valence-corrected chi connectivity index (χ3v) is 9.94. The summed E-state index contributed by atoms with van der Waals surface area (Å²) in [6.07, 6.45) is -0.586. The second-order valence-corrected chi connectivity index (χ2v) is 15.2. The van der Waals surface area contributed by atoms with E-state index < -0.39 is 46.8 Å². The Morgan fingerprint density at radius 3 is 1.78 bits per heavy atom. The molecule has 15 heteroatoms. The lowest BCUT2D eigenvalue weighted by Crippen LogP contribution is -2.48. The predicted octanol–water partition coefficient (Wildman–Crippen LogP) is 7.87. The lowest BCUT2D eigenvalue weighted by Gasteiger charge is -2.35. The van der Waals surface area contributed by atoms with Crippen LogP contribution in [-0.2, 0) is 14.3 Å². The number of aliphatic imine (C=N–C) groups is 1. The number of Topliss-reactive ketones (excluding diaryl/α,β-unsaturated/α-hetero) is 1. The van der Waals surface area contributed by atoms with E-state index in [1.54, 1.807) is 27.7 Å². The Morgan fingerprint density at radius 1 is 1.00 bits per heavy atom. The van der Waals surface area contributed by atoms with Crippen LogP contribution in [0.2, 0.25) is 0 Å². The number of hydrogen-bond donors (Lipinski definition) is 1. The molecule has 8 nitrogen and oxygen atoms in total. The van der Waals surface area contributed by atoms with E-state index in [1.165, 1.54) is 12.6 Å². The molecule has 0 unspecified atom stereocenters. The average molecular weight is 732 g/mol. The number of ether oxygens (including phenoxy) is 1. The number of aldehydes is 1. The van der Waals surface area contributed by atoms with E-state index in [9.17, 15) is 40.3 Å². The quantitative estimate of drug-likeness (QED) is 0.202. The van der Waals surface area contributed by atoms with Crippen molar-refractivity contribution in [1.29, 1.82) is 0 Å². The second kappa shape index (κ2) is 17.5. The van der Waals surface area contributed by atoms with Gasteiger partial charge in [0.1, 0.15) is 11.4 Å². The summed E-state index contributed by atoms with van der Waals surface area (Å²) in [6, 6.07) is 0.191. The maximum atomic E-state index is 13.5. The van der Waals surface area contributed by atoms with E-state index in [-0.39, 0.29) is 24.7 Å². The molecule has 2 spiro atoms. The van der Waals surface area contributed by atoms with Gasteiger partial charge in [-0.2, -0.15) is 13.2 Å². The fraction of sp³-hybridized carbons (Fsp3) is 0.886. The molecule has 0 aromatic rings. The molecule has 0 bridgehead atoms. The molecule has 5 rings (SSSR count). The normalized spacial score (nSPS) is 25.2. The Hall–Kier alpha value is -2.29. The number of piperidine rings is 2. The first-order valence-corrected chi connectivity index (χ1v) is 17.5. The van der Waals surface area contributed by atoms with Crippen LogP contribution >= 0.6 is 0 Å². The van der Waals surface area contributed by atoms with Crippen molar-refractivity contribution in [3.05, 3.63) is 0 Å². The fourth-order valence-corrected chi connectivity index (χ4v) is 6.79. The van der Waals surface area contributed by atoms with E-state index in [1.807, 2.05) is 0 Å². The smallest absolute Gasteiger partial charge is 0.444 e. The number of amides is 1. The van der Waals surface area contributed by atoms with Crippen molar-refractivity contribution in [2.75, 3.05) is 39.3 Å². The summed E-state index contributed by atoms with van der Waals surface area (Å²) in [6.45, 7) is 15.6. The number of carbonyl (C=O) groups is 3. The maximum absolute atomic E-state index is 13.5. The summed E-state index contributed by atoms with van der Waals surface area (Å²) in [5, 5.41) is 2.83. The van der Waals surface area contributed by atoms with Crippen LogP contribution < -0.4 is 5.32 Å². The topological polar surface area (TPSA) is 91.3 Å². The van der Waals surface area contributed by atoms with E-state index in [0.29, 0.717) is 71.1 Å². The summed E-state index contributed by atoms with van der Waals surface area (Å²) in [5.41, 5.74) is -0.739. The van der Waals surface area contributed by atoms with Gasteiger partial charge in [0.25, 0.3) is 11.8 Å². The van der Waals surface area contributed by atoms with Crippen molar-refractivity contribution >= 4 is 23.9 Å². The van der Waals surface area contributed by atoms with Gasteiger partial charge < -0.3 is 24.6 Å². The minimum absolute atomic E-state index is 0.0117. The monoisotopic (exact) mass is 731 g/mol. The fourth-order valence-electron chi connectivity index (χ4n) is 6.79. The third-order valence-electron chi connectivity index (χ3n) is 9.94. The molecule has 2 saturated carbocycles. The molecule has 2 saturated heterocycles. The van der Waals surface area contributed by atoms with Crippen LogP contribution in [0, 0.1) is 10.8 Å². The van der Waals surface area contributed by atoms with Gasteiger partial charge in [0.05, 0.1) is 6.04 Å². The highest BCUT2D eigenvalue weighted by molar-refractivity contribution is 5.83. The Bertz CT molecular complexity index is 1180.